The van der Waals surface area contributed by atoms with E-state index in [0.29, 0.717) is 19.6 Å². The average Bonchev–Trinajstić information content (AvgIpc) is 2.59. The van der Waals surface area contributed by atoms with Crippen LogP contribution in [-0.4, -0.2) is 54.4 Å². The van der Waals surface area contributed by atoms with Crippen LogP contribution in [-0.2, 0) is 9.59 Å². The van der Waals surface area contributed by atoms with Gasteiger partial charge in [0.15, 0.2) is 0 Å². The van der Waals surface area contributed by atoms with E-state index in [1.54, 1.807) is 11.1 Å². The molecule has 0 aromatic carbocycles. The maximum atomic E-state index is 12.2. The monoisotopic (exact) mass is 318 g/mol. The molecular formula is C17H26N4O2. The Hall–Kier alpha value is -2.11. The van der Waals surface area contributed by atoms with Crippen LogP contribution in [0.3, 0.4) is 0 Å². The fraction of sp³-hybridized carbons (Fsp3) is 0.588. The number of unbranched alkanes of at least 4 members (excludes halogenated alkanes) is 2. The second-order valence-electron chi connectivity index (χ2n) is 5.79. The highest BCUT2D eigenvalue weighted by Gasteiger charge is 2.23. The van der Waals surface area contributed by atoms with E-state index in [1.165, 1.54) is 0 Å². The number of amides is 2. The van der Waals surface area contributed by atoms with Crippen LogP contribution in [0.1, 0.15) is 32.6 Å². The predicted octanol–water partition coefficient (Wildman–Crippen LogP) is 1.43. The lowest BCUT2D eigenvalue weighted by Gasteiger charge is -2.35. The highest BCUT2D eigenvalue weighted by atomic mass is 16.2. The van der Waals surface area contributed by atoms with Crippen LogP contribution >= 0.6 is 0 Å². The van der Waals surface area contributed by atoms with Gasteiger partial charge >= 0.3 is 0 Å². The first-order valence-corrected chi connectivity index (χ1v) is 8.41. The molecular weight excluding hydrogens is 292 g/mol. The fourth-order valence-corrected chi connectivity index (χ4v) is 2.64. The number of carbonyl (C=O) groups is 2. The van der Waals surface area contributed by atoms with Crippen molar-refractivity contribution in [2.45, 2.75) is 32.6 Å². The van der Waals surface area contributed by atoms with E-state index < -0.39 is 0 Å². The zero-order chi connectivity index (χ0) is 16.5. The number of hydrogen-bond donors (Lipinski definition) is 1. The molecule has 23 heavy (non-hydrogen) atoms. The normalized spacial score (nSPS) is 14.7. The lowest BCUT2D eigenvalue weighted by atomic mass is 10.2. The van der Waals surface area contributed by atoms with Gasteiger partial charge in [-0.25, -0.2) is 4.98 Å². The highest BCUT2D eigenvalue weighted by molar-refractivity contribution is 5.96. The number of nitrogens with zero attached hydrogens (tertiary/aromatic N) is 3. The molecule has 126 valence electrons. The Morgan fingerprint density at radius 3 is 2.61 bits per heavy atom. The van der Waals surface area contributed by atoms with Gasteiger partial charge in [0, 0.05) is 38.9 Å². The molecule has 6 heteroatoms. The number of rotatable bonds is 7. The van der Waals surface area contributed by atoms with E-state index in [9.17, 15) is 9.59 Å². The van der Waals surface area contributed by atoms with Crippen molar-refractivity contribution >= 4 is 17.6 Å². The van der Waals surface area contributed by atoms with E-state index >= 15 is 0 Å². The van der Waals surface area contributed by atoms with E-state index in [0.717, 1.165) is 38.2 Å². The van der Waals surface area contributed by atoms with Gasteiger partial charge in [0.25, 0.3) is 0 Å². The van der Waals surface area contributed by atoms with Crippen LogP contribution in [0, 0.1) is 0 Å². The van der Waals surface area contributed by atoms with Crippen molar-refractivity contribution < 1.29 is 9.59 Å². The molecule has 1 aliphatic heterocycles. The molecule has 1 fully saturated rings. The van der Waals surface area contributed by atoms with Crippen molar-refractivity contribution in [3.8, 4) is 0 Å². The van der Waals surface area contributed by atoms with Crippen molar-refractivity contribution in [3.05, 3.63) is 24.4 Å². The number of carbonyl (C=O) groups excluding carboxylic acids is 2. The highest BCUT2D eigenvalue weighted by Crippen LogP contribution is 2.12. The summed E-state index contributed by atoms with van der Waals surface area (Å²) in [5, 5.41) is 2.82. The molecule has 1 N–H and O–H groups in total. The molecule has 0 saturated carbocycles. The molecule has 2 rings (SSSR count). The SMILES string of the molecule is CCCCCNC(=O)CC(=O)N1CCN(c2ccccn2)CC1. The topological polar surface area (TPSA) is 65.5 Å². The lowest BCUT2D eigenvalue weighted by Crippen LogP contribution is -2.49. The summed E-state index contributed by atoms with van der Waals surface area (Å²) in [5.41, 5.74) is 0. The van der Waals surface area contributed by atoms with Gasteiger partial charge in [-0.3, -0.25) is 9.59 Å². The number of piperazine rings is 1. The predicted molar refractivity (Wildman–Crippen MR) is 90.2 cm³/mol. The number of aromatic nitrogens is 1. The Kier molecular flexibility index (Phi) is 6.84. The standard InChI is InChI=1S/C17H26N4O2/c1-2-3-5-9-19-16(22)14-17(23)21-12-10-20(11-13-21)15-7-4-6-8-18-15/h4,6-8H,2-3,5,9-14H2,1H3,(H,19,22). The summed E-state index contributed by atoms with van der Waals surface area (Å²) in [6.07, 6.45) is 4.92. The first-order valence-electron chi connectivity index (χ1n) is 8.41. The first-order chi connectivity index (χ1) is 11.2. The van der Waals surface area contributed by atoms with Crippen molar-refractivity contribution in [3.63, 3.8) is 0 Å². The van der Waals surface area contributed by atoms with Gasteiger partial charge in [0.05, 0.1) is 0 Å². The van der Waals surface area contributed by atoms with Gasteiger partial charge in [-0.1, -0.05) is 25.8 Å². The Morgan fingerprint density at radius 2 is 1.96 bits per heavy atom. The fourth-order valence-electron chi connectivity index (χ4n) is 2.64. The van der Waals surface area contributed by atoms with E-state index in [2.05, 4.69) is 22.1 Å². The van der Waals surface area contributed by atoms with Crippen LogP contribution in [0.25, 0.3) is 0 Å². The molecule has 0 aliphatic carbocycles. The summed E-state index contributed by atoms with van der Waals surface area (Å²) in [4.78, 5) is 32.2. The summed E-state index contributed by atoms with van der Waals surface area (Å²) in [5.74, 6) is 0.685. The number of anilines is 1. The number of nitrogens with one attached hydrogen (secondary N) is 1. The quantitative estimate of drug-likeness (QED) is 0.610. The van der Waals surface area contributed by atoms with Crippen LogP contribution in [0.5, 0.6) is 0 Å². The summed E-state index contributed by atoms with van der Waals surface area (Å²) in [7, 11) is 0. The van der Waals surface area contributed by atoms with E-state index in [4.69, 9.17) is 0 Å². The smallest absolute Gasteiger partial charge is 0.232 e. The zero-order valence-corrected chi connectivity index (χ0v) is 13.8. The average molecular weight is 318 g/mol. The van der Waals surface area contributed by atoms with Crippen molar-refractivity contribution in [1.82, 2.24) is 15.2 Å². The third-order valence-electron chi connectivity index (χ3n) is 4.02. The molecule has 1 aliphatic rings. The van der Waals surface area contributed by atoms with Gasteiger partial charge in [-0.15, -0.1) is 0 Å². The maximum absolute atomic E-state index is 12.2. The second kappa shape index (κ2) is 9.12. The molecule has 1 aromatic rings. The third kappa shape index (κ3) is 5.54. The van der Waals surface area contributed by atoms with Gasteiger partial charge in [0.1, 0.15) is 12.2 Å². The molecule has 1 saturated heterocycles. The minimum atomic E-state index is -0.168. The minimum absolute atomic E-state index is 0.0459. The molecule has 0 bridgehead atoms. The molecule has 0 radical (unpaired) electrons. The Morgan fingerprint density at radius 1 is 1.17 bits per heavy atom. The van der Waals surface area contributed by atoms with Gasteiger partial charge in [0.2, 0.25) is 11.8 Å². The largest absolute Gasteiger partial charge is 0.356 e. The molecule has 1 aromatic heterocycles. The zero-order valence-electron chi connectivity index (χ0n) is 13.8. The second-order valence-corrected chi connectivity index (χ2v) is 5.79. The van der Waals surface area contributed by atoms with E-state index in [1.807, 2.05) is 18.2 Å². The first kappa shape index (κ1) is 17.2. The Labute approximate surface area is 137 Å². The van der Waals surface area contributed by atoms with Crippen LogP contribution < -0.4 is 10.2 Å². The van der Waals surface area contributed by atoms with Gasteiger partial charge in [-0.2, -0.15) is 0 Å². The van der Waals surface area contributed by atoms with Gasteiger partial charge in [-0.05, 0) is 18.6 Å². The third-order valence-corrected chi connectivity index (χ3v) is 4.02. The van der Waals surface area contributed by atoms with E-state index in [-0.39, 0.29) is 18.2 Å². The maximum Gasteiger partial charge on any atom is 0.232 e. The lowest BCUT2D eigenvalue weighted by molar-refractivity contribution is -0.136. The van der Waals surface area contributed by atoms with Crippen molar-refractivity contribution in [2.24, 2.45) is 0 Å². The molecule has 2 heterocycles. The number of hydrogen-bond acceptors (Lipinski definition) is 4. The molecule has 2 amide bonds. The molecule has 6 nitrogen and oxygen atoms in total. The molecule has 0 atom stereocenters. The van der Waals surface area contributed by atoms with Crippen molar-refractivity contribution in [2.75, 3.05) is 37.6 Å². The summed E-state index contributed by atoms with van der Waals surface area (Å²) >= 11 is 0. The van der Waals surface area contributed by atoms with Crippen molar-refractivity contribution in [1.29, 1.82) is 0 Å². The van der Waals surface area contributed by atoms with Gasteiger partial charge < -0.3 is 15.1 Å². The summed E-state index contributed by atoms with van der Waals surface area (Å²) in [6, 6.07) is 5.83. The Bertz CT molecular complexity index is 499. The number of pyridine rings is 1. The van der Waals surface area contributed by atoms with Crippen LogP contribution in [0.15, 0.2) is 24.4 Å². The minimum Gasteiger partial charge on any atom is -0.356 e. The Balaban J connectivity index is 1.70. The summed E-state index contributed by atoms with van der Waals surface area (Å²) in [6.45, 7) is 5.56. The molecule has 0 spiro atoms. The molecule has 0 unspecified atom stereocenters. The van der Waals surface area contributed by atoms with Crippen LogP contribution in [0.2, 0.25) is 0 Å². The summed E-state index contributed by atoms with van der Waals surface area (Å²) < 4.78 is 0. The van der Waals surface area contributed by atoms with Crippen LogP contribution in [0.4, 0.5) is 5.82 Å².